The van der Waals surface area contributed by atoms with Gasteiger partial charge >= 0.3 is 5.97 Å². The van der Waals surface area contributed by atoms with E-state index in [9.17, 15) is 24.0 Å². The topological polar surface area (TPSA) is 97.8 Å². The van der Waals surface area contributed by atoms with Crippen LogP contribution >= 0.6 is 31.9 Å². The second-order valence-electron chi connectivity index (χ2n) is 6.71. The van der Waals surface area contributed by atoms with Gasteiger partial charge in [-0.15, -0.1) is 0 Å². The van der Waals surface area contributed by atoms with Gasteiger partial charge in [0.25, 0.3) is 11.8 Å². The van der Waals surface area contributed by atoms with Crippen LogP contribution < -0.4 is 0 Å². The minimum absolute atomic E-state index is 0.0271. The number of carbonyl (C=O) groups is 5. The zero-order valence-electron chi connectivity index (χ0n) is 15.0. The average Bonchev–Trinajstić information content (AvgIpc) is 2.80. The summed E-state index contributed by atoms with van der Waals surface area (Å²) in [7, 11) is 0. The summed E-state index contributed by atoms with van der Waals surface area (Å²) < 4.78 is 5.75. The number of unbranched alkanes of at least 4 members (excludes halogenated alkanes) is 2. The Hall–Kier alpha value is -1.35. The molecular formula is C18H21Br2NO6. The summed E-state index contributed by atoms with van der Waals surface area (Å²) in [5.41, 5.74) is 0. The first-order valence-corrected chi connectivity index (χ1v) is 10.5. The van der Waals surface area contributed by atoms with Gasteiger partial charge in [0.15, 0.2) is 0 Å². The van der Waals surface area contributed by atoms with Crippen molar-refractivity contribution in [1.29, 1.82) is 0 Å². The number of rotatable bonds is 8. The van der Waals surface area contributed by atoms with E-state index in [4.69, 9.17) is 4.74 Å². The predicted octanol–water partition coefficient (Wildman–Crippen LogP) is 2.79. The van der Waals surface area contributed by atoms with Crippen molar-refractivity contribution in [2.75, 3.05) is 6.54 Å². The van der Waals surface area contributed by atoms with E-state index in [1.165, 1.54) is 0 Å². The van der Waals surface area contributed by atoms with Crippen molar-refractivity contribution in [3.63, 3.8) is 0 Å². The number of ether oxygens (including phenoxy) is 1. The highest BCUT2D eigenvalue weighted by Gasteiger charge is 2.35. The minimum atomic E-state index is -0.602. The number of imide groups is 1. The van der Waals surface area contributed by atoms with Crippen molar-refractivity contribution >= 4 is 61.2 Å². The van der Waals surface area contributed by atoms with Gasteiger partial charge in [-0.25, -0.2) is 0 Å². The largest absolute Gasteiger partial charge is 0.462 e. The molecule has 1 aliphatic heterocycles. The van der Waals surface area contributed by atoms with Crippen molar-refractivity contribution in [3.8, 4) is 0 Å². The predicted molar refractivity (Wildman–Crippen MR) is 103 cm³/mol. The third-order valence-corrected chi connectivity index (χ3v) is 6.72. The first kappa shape index (κ1) is 21.9. The number of esters is 1. The molecule has 2 atom stereocenters. The molecule has 148 valence electrons. The molecule has 0 N–H and O–H groups in total. The Bertz CT molecular complexity index is 678. The minimum Gasteiger partial charge on any atom is -0.462 e. The molecule has 7 nitrogen and oxygen atoms in total. The van der Waals surface area contributed by atoms with Gasteiger partial charge in [-0.1, -0.05) is 6.42 Å². The summed E-state index contributed by atoms with van der Waals surface area (Å²) >= 11 is 6.14. The summed E-state index contributed by atoms with van der Waals surface area (Å²) in [6.07, 6.45) is 2.01. The summed E-state index contributed by atoms with van der Waals surface area (Å²) in [6.45, 7) is 1.93. The second-order valence-corrected chi connectivity index (χ2v) is 8.30. The summed E-state index contributed by atoms with van der Waals surface area (Å²) in [5, 5.41) is 0. The molecule has 2 amide bonds. The van der Waals surface area contributed by atoms with E-state index in [1.807, 2.05) is 0 Å². The van der Waals surface area contributed by atoms with Crippen LogP contribution in [0, 0.1) is 5.92 Å². The lowest BCUT2D eigenvalue weighted by Gasteiger charge is -2.25. The smallest absolute Gasteiger partial charge is 0.306 e. The normalized spacial score (nSPS) is 21.9. The lowest BCUT2D eigenvalue weighted by Crippen LogP contribution is -2.35. The van der Waals surface area contributed by atoms with Crippen molar-refractivity contribution in [1.82, 2.24) is 4.90 Å². The fourth-order valence-corrected chi connectivity index (χ4v) is 3.89. The SMILES string of the molecule is CC(OC(=O)CCCCCN1C(=O)C(Br)=C(Br)C1=O)C1CC(=O)CCC1=O. The molecule has 1 aliphatic carbocycles. The van der Waals surface area contributed by atoms with Gasteiger partial charge in [0.05, 0.1) is 5.92 Å². The fourth-order valence-electron chi connectivity index (χ4n) is 3.12. The first-order valence-electron chi connectivity index (χ1n) is 8.87. The standard InChI is InChI=1S/C18H21Br2NO6/c1-10(12-9-11(22)6-7-13(12)23)27-14(24)5-3-2-4-8-21-17(25)15(19)16(20)18(21)26/h10,12H,2-9H2,1H3. The van der Waals surface area contributed by atoms with E-state index < -0.39 is 18.0 Å². The molecule has 9 heteroatoms. The van der Waals surface area contributed by atoms with Crippen LogP contribution in [-0.2, 0) is 28.7 Å². The monoisotopic (exact) mass is 505 g/mol. The molecule has 2 aliphatic rings. The second kappa shape index (κ2) is 9.73. The van der Waals surface area contributed by atoms with E-state index in [0.717, 1.165) is 4.90 Å². The van der Waals surface area contributed by atoms with Crippen molar-refractivity contribution in [2.45, 2.75) is 58.0 Å². The van der Waals surface area contributed by atoms with E-state index in [1.54, 1.807) is 6.92 Å². The molecule has 0 aromatic carbocycles. The van der Waals surface area contributed by atoms with Gasteiger partial charge in [0.1, 0.15) is 26.6 Å². The molecular weight excluding hydrogens is 486 g/mol. The number of hydrogen-bond acceptors (Lipinski definition) is 6. The number of amides is 2. The van der Waals surface area contributed by atoms with Crippen molar-refractivity contribution < 1.29 is 28.7 Å². The summed E-state index contributed by atoms with van der Waals surface area (Å²) in [5.74, 6) is -1.68. The number of halogens is 2. The van der Waals surface area contributed by atoms with Crippen LogP contribution in [-0.4, -0.2) is 46.9 Å². The number of Topliss-reactive ketones (excluding diaryl/α,β-unsaturated/α-hetero) is 2. The maximum atomic E-state index is 11.9. The molecule has 0 aromatic rings. The molecule has 2 unspecified atom stereocenters. The molecule has 0 saturated heterocycles. The Kier molecular flexibility index (Phi) is 7.91. The van der Waals surface area contributed by atoms with Gasteiger partial charge < -0.3 is 4.74 Å². The summed E-state index contributed by atoms with van der Waals surface area (Å²) in [4.78, 5) is 60.2. The molecule has 0 aromatic heterocycles. The number of nitrogens with zero attached hydrogens (tertiary/aromatic N) is 1. The Morgan fingerprint density at radius 3 is 2.33 bits per heavy atom. The third kappa shape index (κ3) is 5.57. The van der Waals surface area contributed by atoms with Gasteiger partial charge in [-0.2, -0.15) is 0 Å². The van der Waals surface area contributed by atoms with Crippen LogP contribution in [0.15, 0.2) is 8.96 Å². The van der Waals surface area contributed by atoms with Gasteiger partial charge in [0.2, 0.25) is 0 Å². The van der Waals surface area contributed by atoms with E-state index >= 15 is 0 Å². The molecule has 0 spiro atoms. The Morgan fingerprint density at radius 2 is 1.70 bits per heavy atom. The highest BCUT2D eigenvalue weighted by Crippen LogP contribution is 2.29. The Morgan fingerprint density at radius 1 is 1.07 bits per heavy atom. The maximum Gasteiger partial charge on any atom is 0.306 e. The van der Waals surface area contributed by atoms with E-state index in [0.29, 0.717) is 19.3 Å². The fraction of sp³-hybridized carbons (Fsp3) is 0.611. The van der Waals surface area contributed by atoms with Crippen LogP contribution in [0.3, 0.4) is 0 Å². The van der Waals surface area contributed by atoms with Gasteiger partial charge in [-0.05, 0) is 51.6 Å². The third-order valence-electron chi connectivity index (χ3n) is 4.72. The van der Waals surface area contributed by atoms with Crippen LogP contribution in [0.5, 0.6) is 0 Å². The average molecular weight is 507 g/mol. The summed E-state index contributed by atoms with van der Waals surface area (Å²) in [6, 6.07) is 0. The molecule has 0 radical (unpaired) electrons. The maximum absolute atomic E-state index is 11.9. The molecule has 1 heterocycles. The van der Waals surface area contributed by atoms with E-state index in [-0.39, 0.29) is 64.6 Å². The number of hydrogen-bond donors (Lipinski definition) is 0. The van der Waals surface area contributed by atoms with Crippen molar-refractivity contribution in [3.05, 3.63) is 8.96 Å². The zero-order valence-corrected chi connectivity index (χ0v) is 18.1. The molecule has 27 heavy (non-hydrogen) atoms. The van der Waals surface area contributed by atoms with Crippen LogP contribution in [0.4, 0.5) is 0 Å². The molecule has 1 saturated carbocycles. The van der Waals surface area contributed by atoms with Crippen LogP contribution in [0.25, 0.3) is 0 Å². The lowest BCUT2D eigenvalue weighted by atomic mass is 9.84. The van der Waals surface area contributed by atoms with Crippen LogP contribution in [0.2, 0.25) is 0 Å². The number of carbonyl (C=O) groups excluding carboxylic acids is 5. The highest BCUT2D eigenvalue weighted by atomic mass is 79.9. The number of ketones is 2. The van der Waals surface area contributed by atoms with E-state index in [2.05, 4.69) is 31.9 Å². The Balaban J connectivity index is 1.65. The zero-order chi connectivity index (χ0) is 20.1. The highest BCUT2D eigenvalue weighted by molar-refractivity contribution is 9.14. The van der Waals surface area contributed by atoms with Crippen molar-refractivity contribution in [2.24, 2.45) is 5.92 Å². The molecule has 2 rings (SSSR count). The lowest BCUT2D eigenvalue weighted by molar-refractivity contribution is -0.155. The molecule has 0 bridgehead atoms. The van der Waals surface area contributed by atoms with Gasteiger partial charge in [0, 0.05) is 32.2 Å². The van der Waals surface area contributed by atoms with Crippen LogP contribution in [0.1, 0.15) is 51.9 Å². The Labute approximate surface area is 174 Å². The van der Waals surface area contributed by atoms with Gasteiger partial charge in [-0.3, -0.25) is 28.9 Å². The molecule has 1 fully saturated rings. The first-order chi connectivity index (χ1) is 12.7. The quantitative estimate of drug-likeness (QED) is 0.285.